The Bertz CT molecular complexity index is 689. The minimum Gasteiger partial charge on any atom is -0.483 e. The van der Waals surface area contributed by atoms with Crippen LogP contribution in [0.25, 0.3) is 0 Å². The van der Waals surface area contributed by atoms with Gasteiger partial charge in [-0.25, -0.2) is 0 Å². The van der Waals surface area contributed by atoms with Gasteiger partial charge in [-0.2, -0.15) is 13.2 Å². The number of nitrogens with zero attached hydrogens (tertiary/aromatic N) is 1. The highest BCUT2D eigenvalue weighted by atomic mass is 19.4. The molecule has 26 heavy (non-hydrogen) atoms. The van der Waals surface area contributed by atoms with Gasteiger partial charge in [0, 0.05) is 5.70 Å². The second-order valence-corrected chi connectivity index (χ2v) is 5.27. The first-order chi connectivity index (χ1) is 12.3. The van der Waals surface area contributed by atoms with E-state index >= 15 is 0 Å². The van der Waals surface area contributed by atoms with E-state index in [2.05, 4.69) is 28.2 Å². The molecule has 0 aliphatic carbocycles. The number of rotatable bonds is 9. The summed E-state index contributed by atoms with van der Waals surface area (Å²) in [5.74, 6) is 0.0563. The third kappa shape index (κ3) is 7.74. The van der Waals surface area contributed by atoms with Crippen molar-refractivity contribution in [2.45, 2.75) is 19.1 Å². The predicted molar refractivity (Wildman–Crippen MR) is 97.2 cm³/mol. The van der Waals surface area contributed by atoms with Crippen LogP contribution in [0.2, 0.25) is 0 Å². The molecule has 0 spiro atoms. The monoisotopic (exact) mass is 365 g/mol. The highest BCUT2D eigenvalue weighted by Gasteiger charge is 2.28. The molecule has 1 rings (SSSR count). The van der Waals surface area contributed by atoms with Gasteiger partial charge >= 0.3 is 6.18 Å². The Labute approximate surface area is 151 Å². The van der Waals surface area contributed by atoms with Crippen molar-refractivity contribution in [3.63, 3.8) is 0 Å². The minimum absolute atomic E-state index is 0.0563. The van der Waals surface area contributed by atoms with E-state index < -0.39 is 12.8 Å². The Morgan fingerprint density at radius 2 is 2.12 bits per heavy atom. The number of nitrogens with two attached hydrogens (primary N) is 1. The predicted octanol–water partition coefficient (Wildman–Crippen LogP) is 4.33. The van der Waals surface area contributed by atoms with E-state index in [-0.39, 0.29) is 11.8 Å². The first-order valence-corrected chi connectivity index (χ1v) is 7.75. The van der Waals surface area contributed by atoms with Crippen LogP contribution < -0.4 is 15.8 Å². The van der Waals surface area contributed by atoms with Gasteiger partial charge in [-0.1, -0.05) is 37.5 Å². The lowest BCUT2D eigenvalue weighted by molar-refractivity contribution is -0.153. The molecule has 140 valence electrons. The number of hydrogen-bond donors (Lipinski definition) is 2. The Kier molecular flexibility index (Phi) is 8.21. The van der Waals surface area contributed by atoms with Gasteiger partial charge in [0.15, 0.2) is 6.61 Å². The van der Waals surface area contributed by atoms with Crippen LogP contribution in [0.4, 0.5) is 13.2 Å². The van der Waals surface area contributed by atoms with Crippen molar-refractivity contribution < 1.29 is 17.9 Å². The van der Waals surface area contributed by atoms with Gasteiger partial charge in [0.05, 0.1) is 17.9 Å². The van der Waals surface area contributed by atoms with Crippen LogP contribution in [0.3, 0.4) is 0 Å². The number of ether oxygens (including phenoxy) is 1. The minimum atomic E-state index is -4.38. The summed E-state index contributed by atoms with van der Waals surface area (Å²) < 4.78 is 41.1. The number of halogens is 3. The molecule has 1 aromatic heterocycles. The smallest absolute Gasteiger partial charge is 0.422 e. The fraction of sp³-hybridized carbons (Fsp3) is 0.211. The van der Waals surface area contributed by atoms with Crippen molar-refractivity contribution in [2.24, 2.45) is 5.73 Å². The van der Waals surface area contributed by atoms with Gasteiger partial charge in [-0.3, -0.25) is 4.98 Å². The average molecular weight is 365 g/mol. The van der Waals surface area contributed by atoms with E-state index in [0.29, 0.717) is 11.4 Å². The zero-order chi connectivity index (χ0) is 19.6. The van der Waals surface area contributed by atoms with E-state index in [0.717, 1.165) is 5.57 Å². The SMILES string of the molecule is C=C/C=C(/C=C\C=C/N)C(=C)NC(C)c1ccc(OCC(F)(F)F)cn1. The molecule has 0 aliphatic heterocycles. The molecule has 1 heterocycles. The molecule has 0 bridgehead atoms. The maximum absolute atomic E-state index is 12.1. The van der Waals surface area contributed by atoms with Gasteiger partial charge < -0.3 is 15.8 Å². The lowest BCUT2D eigenvalue weighted by atomic mass is 10.1. The summed E-state index contributed by atoms with van der Waals surface area (Å²) in [4.78, 5) is 4.13. The fourth-order valence-electron chi connectivity index (χ4n) is 1.92. The second-order valence-electron chi connectivity index (χ2n) is 5.27. The molecule has 3 N–H and O–H groups in total. The lowest BCUT2D eigenvalue weighted by Crippen LogP contribution is -2.20. The van der Waals surface area contributed by atoms with Crippen molar-refractivity contribution in [3.05, 3.63) is 85.0 Å². The average Bonchev–Trinajstić information content (AvgIpc) is 2.59. The zero-order valence-corrected chi connectivity index (χ0v) is 14.5. The first kappa shape index (κ1) is 21.1. The van der Waals surface area contributed by atoms with Crippen LogP contribution in [0.15, 0.2) is 79.3 Å². The third-order valence-corrected chi connectivity index (χ3v) is 3.14. The topological polar surface area (TPSA) is 60.2 Å². The highest BCUT2D eigenvalue weighted by Crippen LogP contribution is 2.20. The highest BCUT2D eigenvalue weighted by molar-refractivity contribution is 5.40. The van der Waals surface area contributed by atoms with Gasteiger partial charge in [0.2, 0.25) is 0 Å². The molecule has 0 saturated heterocycles. The molecular weight excluding hydrogens is 343 g/mol. The standard InChI is InChI=1S/C19H22F3N3O/c1-4-7-16(8-5-6-11-23)14(2)25-15(3)18-10-9-17(12-24-18)26-13-19(20,21)22/h4-12,15,25H,1-2,13,23H2,3H3/b8-5-,11-6-,16-7-. The van der Waals surface area contributed by atoms with Crippen molar-refractivity contribution >= 4 is 0 Å². The largest absolute Gasteiger partial charge is 0.483 e. The van der Waals surface area contributed by atoms with Gasteiger partial charge in [0.1, 0.15) is 5.75 Å². The molecule has 1 atom stereocenters. The Hall–Kier alpha value is -2.96. The number of aromatic nitrogens is 1. The zero-order valence-electron chi connectivity index (χ0n) is 14.5. The van der Waals surface area contributed by atoms with Gasteiger partial charge in [0.25, 0.3) is 0 Å². The molecule has 0 saturated carbocycles. The summed E-state index contributed by atoms with van der Waals surface area (Å²) in [5.41, 5.74) is 7.36. The quantitative estimate of drug-likeness (QED) is 0.640. The van der Waals surface area contributed by atoms with Crippen LogP contribution in [-0.2, 0) is 0 Å². The second kappa shape index (κ2) is 10.1. The van der Waals surface area contributed by atoms with Crippen molar-refractivity contribution in [2.75, 3.05) is 6.61 Å². The van der Waals surface area contributed by atoms with E-state index in [9.17, 15) is 13.2 Å². The summed E-state index contributed by atoms with van der Waals surface area (Å²) in [7, 11) is 0. The number of pyridine rings is 1. The molecule has 0 fully saturated rings. The number of allylic oxidation sites excluding steroid dienone is 5. The van der Waals surface area contributed by atoms with E-state index in [1.807, 2.05) is 13.0 Å². The Morgan fingerprint density at radius 1 is 1.38 bits per heavy atom. The summed E-state index contributed by atoms with van der Waals surface area (Å²) in [6.07, 6.45) is 6.95. The number of nitrogens with one attached hydrogen (secondary N) is 1. The van der Waals surface area contributed by atoms with Crippen molar-refractivity contribution in [3.8, 4) is 5.75 Å². The van der Waals surface area contributed by atoms with Crippen LogP contribution in [0.5, 0.6) is 5.75 Å². The third-order valence-electron chi connectivity index (χ3n) is 3.14. The van der Waals surface area contributed by atoms with Crippen molar-refractivity contribution in [1.82, 2.24) is 10.3 Å². The van der Waals surface area contributed by atoms with Crippen LogP contribution >= 0.6 is 0 Å². The number of hydrogen-bond acceptors (Lipinski definition) is 4. The maximum Gasteiger partial charge on any atom is 0.422 e. The van der Waals surface area contributed by atoms with Crippen LogP contribution in [-0.4, -0.2) is 17.8 Å². The molecule has 0 radical (unpaired) electrons. The van der Waals surface area contributed by atoms with E-state index in [1.54, 1.807) is 30.4 Å². The van der Waals surface area contributed by atoms with Crippen LogP contribution in [0.1, 0.15) is 18.7 Å². The molecule has 0 amide bonds. The molecule has 1 unspecified atom stereocenters. The molecule has 4 nitrogen and oxygen atoms in total. The fourth-order valence-corrected chi connectivity index (χ4v) is 1.92. The van der Waals surface area contributed by atoms with Crippen molar-refractivity contribution in [1.29, 1.82) is 0 Å². The summed E-state index contributed by atoms with van der Waals surface area (Å²) >= 11 is 0. The molecular formula is C19H22F3N3O. The Balaban J connectivity index is 2.73. The summed E-state index contributed by atoms with van der Waals surface area (Å²) in [6.45, 7) is 8.16. The van der Waals surface area contributed by atoms with Gasteiger partial charge in [-0.05, 0) is 36.9 Å². The van der Waals surface area contributed by atoms with E-state index in [4.69, 9.17) is 5.73 Å². The number of alkyl halides is 3. The molecule has 7 heteroatoms. The van der Waals surface area contributed by atoms with E-state index in [1.165, 1.54) is 18.5 Å². The Morgan fingerprint density at radius 3 is 2.65 bits per heavy atom. The molecule has 1 aromatic rings. The molecule has 0 aliphatic rings. The normalized spacial score (nSPS) is 13.8. The maximum atomic E-state index is 12.1. The van der Waals surface area contributed by atoms with Crippen LogP contribution in [0, 0.1) is 0 Å². The summed E-state index contributed by atoms with van der Waals surface area (Å²) in [5, 5.41) is 3.18. The summed E-state index contributed by atoms with van der Waals surface area (Å²) in [6, 6.07) is 2.83. The van der Waals surface area contributed by atoms with Gasteiger partial charge in [-0.15, -0.1) is 0 Å². The first-order valence-electron chi connectivity index (χ1n) is 7.75. The lowest BCUT2D eigenvalue weighted by Gasteiger charge is -2.18. The molecule has 0 aromatic carbocycles.